The van der Waals surface area contributed by atoms with Gasteiger partial charge in [-0.1, -0.05) is 30.5 Å². The Morgan fingerprint density at radius 2 is 1.86 bits per heavy atom. The third-order valence-corrected chi connectivity index (χ3v) is 5.00. The van der Waals surface area contributed by atoms with E-state index in [1.807, 2.05) is 12.1 Å². The summed E-state index contributed by atoms with van der Waals surface area (Å²) in [6, 6.07) is 8.99. The summed E-state index contributed by atoms with van der Waals surface area (Å²) in [5, 5.41) is 4.54. The van der Waals surface area contributed by atoms with Gasteiger partial charge in [0, 0.05) is 56.0 Å². The summed E-state index contributed by atoms with van der Waals surface area (Å²) in [5.41, 5.74) is 1.26. The normalized spacial score (nSPS) is 21.1. The lowest BCUT2D eigenvalue weighted by atomic mass is 10.2. The highest BCUT2D eigenvalue weighted by Gasteiger charge is 2.18. The van der Waals surface area contributed by atoms with Gasteiger partial charge in [0.2, 0.25) is 0 Å². The van der Waals surface area contributed by atoms with Gasteiger partial charge in [-0.3, -0.25) is 4.90 Å². The van der Waals surface area contributed by atoms with Gasteiger partial charge in [0.25, 0.3) is 0 Å². The first kappa shape index (κ1) is 15.1. The highest BCUT2D eigenvalue weighted by Crippen LogP contribution is 2.21. The summed E-state index contributed by atoms with van der Waals surface area (Å²) in [5.74, 6) is 0. The number of nitrogens with one attached hydrogen (secondary N) is 1. The Labute approximate surface area is 133 Å². The minimum atomic E-state index is 0.790. The Balaban J connectivity index is 1.38. The lowest BCUT2D eigenvalue weighted by molar-refractivity contribution is 0.254. The first-order valence-corrected chi connectivity index (χ1v) is 8.65. The number of nitrogens with zero attached hydrogens (tertiary/aromatic N) is 2. The molecule has 3 nitrogen and oxygen atoms in total. The molecule has 1 aliphatic carbocycles. The lowest BCUT2D eigenvalue weighted by Crippen LogP contribution is -2.48. The molecule has 1 saturated heterocycles. The van der Waals surface area contributed by atoms with E-state index in [-0.39, 0.29) is 0 Å². The first-order valence-electron chi connectivity index (χ1n) is 8.27. The summed E-state index contributed by atoms with van der Waals surface area (Å²) in [6.07, 6.45) is 5.58. The van der Waals surface area contributed by atoms with E-state index in [9.17, 15) is 0 Å². The van der Waals surface area contributed by atoms with Crippen LogP contribution in [0.4, 0.5) is 5.69 Å². The highest BCUT2D eigenvalue weighted by molar-refractivity contribution is 6.30. The Morgan fingerprint density at radius 3 is 2.57 bits per heavy atom. The maximum atomic E-state index is 6.08. The zero-order valence-corrected chi connectivity index (χ0v) is 13.5. The second kappa shape index (κ2) is 7.48. The third-order valence-electron chi connectivity index (χ3n) is 4.76. The summed E-state index contributed by atoms with van der Waals surface area (Å²) in [6.45, 7) is 6.83. The van der Waals surface area contributed by atoms with Crippen molar-refractivity contribution in [1.82, 2.24) is 10.2 Å². The molecule has 0 unspecified atom stereocenters. The van der Waals surface area contributed by atoms with Crippen LogP contribution in [-0.4, -0.2) is 50.2 Å². The van der Waals surface area contributed by atoms with Crippen LogP contribution in [0.1, 0.15) is 25.7 Å². The minimum absolute atomic E-state index is 0.790. The largest absolute Gasteiger partial charge is 0.369 e. The van der Waals surface area contributed by atoms with E-state index in [1.54, 1.807) is 0 Å². The average molecular weight is 308 g/mol. The van der Waals surface area contributed by atoms with Crippen LogP contribution >= 0.6 is 11.6 Å². The number of halogens is 1. The van der Waals surface area contributed by atoms with Crippen LogP contribution in [0.15, 0.2) is 24.3 Å². The minimum Gasteiger partial charge on any atom is -0.369 e. The van der Waals surface area contributed by atoms with Crippen LogP contribution in [0.25, 0.3) is 0 Å². The number of hydrogen-bond acceptors (Lipinski definition) is 3. The van der Waals surface area contributed by atoms with E-state index in [2.05, 4.69) is 27.2 Å². The highest BCUT2D eigenvalue weighted by atomic mass is 35.5. The van der Waals surface area contributed by atoms with Crippen LogP contribution in [0.5, 0.6) is 0 Å². The maximum absolute atomic E-state index is 6.08. The van der Waals surface area contributed by atoms with Gasteiger partial charge in [0.1, 0.15) is 0 Å². The summed E-state index contributed by atoms with van der Waals surface area (Å²) in [4.78, 5) is 5.01. The van der Waals surface area contributed by atoms with Gasteiger partial charge in [-0.05, 0) is 31.0 Å². The molecule has 0 atom stereocenters. The molecule has 2 fully saturated rings. The predicted molar refractivity (Wildman–Crippen MR) is 90.4 cm³/mol. The van der Waals surface area contributed by atoms with E-state index in [0.717, 1.165) is 43.8 Å². The molecule has 0 bridgehead atoms. The van der Waals surface area contributed by atoms with Crippen LogP contribution < -0.4 is 10.2 Å². The van der Waals surface area contributed by atoms with Crippen LogP contribution in [0.3, 0.4) is 0 Å². The molecule has 1 aromatic carbocycles. The molecule has 21 heavy (non-hydrogen) atoms. The molecular weight excluding hydrogens is 282 g/mol. The van der Waals surface area contributed by atoms with Gasteiger partial charge in [0.05, 0.1) is 0 Å². The monoisotopic (exact) mass is 307 g/mol. The van der Waals surface area contributed by atoms with Gasteiger partial charge in [-0.2, -0.15) is 0 Å². The molecule has 116 valence electrons. The Morgan fingerprint density at radius 1 is 1.10 bits per heavy atom. The Kier molecular flexibility index (Phi) is 5.39. The summed E-state index contributed by atoms with van der Waals surface area (Å²) in [7, 11) is 0. The van der Waals surface area contributed by atoms with Crippen LogP contribution in [0, 0.1) is 0 Å². The summed E-state index contributed by atoms with van der Waals surface area (Å²) >= 11 is 6.08. The Bertz CT molecular complexity index is 437. The van der Waals surface area contributed by atoms with E-state index >= 15 is 0 Å². The molecular formula is C17H26ClN3. The molecule has 1 aromatic rings. The Hall–Kier alpha value is -0.770. The van der Waals surface area contributed by atoms with E-state index in [4.69, 9.17) is 11.6 Å². The van der Waals surface area contributed by atoms with Crippen molar-refractivity contribution in [2.24, 2.45) is 0 Å². The average Bonchev–Trinajstić information content (AvgIpc) is 3.01. The fourth-order valence-electron chi connectivity index (χ4n) is 3.46. The SMILES string of the molecule is Clc1cccc(N2CCN(CCNC3CCCC3)CC2)c1. The van der Waals surface area contributed by atoms with Crippen molar-refractivity contribution >= 4 is 17.3 Å². The van der Waals surface area contributed by atoms with Crippen molar-refractivity contribution in [3.8, 4) is 0 Å². The van der Waals surface area contributed by atoms with Crippen LogP contribution in [-0.2, 0) is 0 Å². The van der Waals surface area contributed by atoms with Crippen molar-refractivity contribution in [3.63, 3.8) is 0 Å². The molecule has 0 amide bonds. The lowest BCUT2D eigenvalue weighted by Gasteiger charge is -2.36. The molecule has 3 rings (SSSR count). The molecule has 0 aromatic heterocycles. The molecule has 2 aliphatic rings. The standard InChI is InChI=1S/C17H26ClN3/c18-15-4-3-7-17(14-15)21-12-10-20(11-13-21)9-8-19-16-5-1-2-6-16/h3-4,7,14,16,19H,1-2,5-6,8-13H2. The second-order valence-corrected chi connectivity index (χ2v) is 6.68. The third kappa shape index (κ3) is 4.35. The molecule has 0 radical (unpaired) electrons. The summed E-state index contributed by atoms with van der Waals surface area (Å²) < 4.78 is 0. The second-order valence-electron chi connectivity index (χ2n) is 6.24. The number of hydrogen-bond donors (Lipinski definition) is 1. The zero-order chi connectivity index (χ0) is 14.5. The number of piperazine rings is 1. The van der Waals surface area contributed by atoms with Gasteiger partial charge in [-0.25, -0.2) is 0 Å². The van der Waals surface area contributed by atoms with Crippen molar-refractivity contribution in [2.45, 2.75) is 31.7 Å². The van der Waals surface area contributed by atoms with Crippen molar-refractivity contribution in [1.29, 1.82) is 0 Å². The first-order chi connectivity index (χ1) is 10.3. The quantitative estimate of drug-likeness (QED) is 0.902. The van der Waals surface area contributed by atoms with Crippen molar-refractivity contribution in [3.05, 3.63) is 29.3 Å². The smallest absolute Gasteiger partial charge is 0.0426 e. The molecule has 1 N–H and O–H groups in total. The van der Waals surface area contributed by atoms with Crippen molar-refractivity contribution in [2.75, 3.05) is 44.2 Å². The number of anilines is 1. The van der Waals surface area contributed by atoms with E-state index in [1.165, 1.54) is 37.9 Å². The fraction of sp³-hybridized carbons (Fsp3) is 0.647. The van der Waals surface area contributed by atoms with E-state index < -0.39 is 0 Å². The van der Waals surface area contributed by atoms with Gasteiger partial charge >= 0.3 is 0 Å². The molecule has 1 heterocycles. The fourth-order valence-corrected chi connectivity index (χ4v) is 3.64. The van der Waals surface area contributed by atoms with Gasteiger partial charge in [0.15, 0.2) is 0 Å². The van der Waals surface area contributed by atoms with Crippen molar-refractivity contribution < 1.29 is 0 Å². The zero-order valence-electron chi connectivity index (χ0n) is 12.7. The van der Waals surface area contributed by atoms with Crippen LogP contribution in [0.2, 0.25) is 5.02 Å². The van der Waals surface area contributed by atoms with E-state index in [0.29, 0.717) is 0 Å². The molecule has 1 saturated carbocycles. The van der Waals surface area contributed by atoms with Gasteiger partial charge in [-0.15, -0.1) is 0 Å². The number of rotatable bonds is 5. The topological polar surface area (TPSA) is 18.5 Å². The molecule has 4 heteroatoms. The predicted octanol–water partition coefficient (Wildman–Crippen LogP) is 2.99. The maximum Gasteiger partial charge on any atom is 0.0426 e. The molecule has 1 aliphatic heterocycles. The molecule has 0 spiro atoms. The van der Waals surface area contributed by atoms with Gasteiger partial charge < -0.3 is 10.2 Å². The number of benzene rings is 1.